The summed E-state index contributed by atoms with van der Waals surface area (Å²) in [6, 6.07) is 5.17. The summed E-state index contributed by atoms with van der Waals surface area (Å²) in [4.78, 5) is 5.23. The lowest BCUT2D eigenvalue weighted by Gasteiger charge is -2.15. The van der Waals surface area contributed by atoms with Gasteiger partial charge in [0, 0.05) is 41.0 Å². The third kappa shape index (κ3) is 3.72. The maximum absolute atomic E-state index is 5.12. The van der Waals surface area contributed by atoms with E-state index in [1.807, 2.05) is 23.7 Å². The predicted molar refractivity (Wildman–Crippen MR) is 82.8 cm³/mol. The summed E-state index contributed by atoms with van der Waals surface area (Å²) in [5.41, 5.74) is 2.68. The van der Waals surface area contributed by atoms with Crippen molar-refractivity contribution in [2.45, 2.75) is 45.4 Å². The second-order valence-electron chi connectivity index (χ2n) is 5.75. The molecule has 1 N–H and O–H groups in total. The average Bonchev–Trinajstić information content (AvgIpc) is 2.99. The zero-order chi connectivity index (χ0) is 13.9. The quantitative estimate of drug-likeness (QED) is 0.845. The SMILES string of the molecule is Cc1sc(CNC2CC2)cc1CN(C)Cc1ccoc1. The second kappa shape index (κ2) is 6.12. The number of nitrogens with one attached hydrogen (secondary N) is 1. The summed E-state index contributed by atoms with van der Waals surface area (Å²) in [5.74, 6) is 0. The van der Waals surface area contributed by atoms with Gasteiger partial charge in [0.2, 0.25) is 0 Å². The zero-order valence-electron chi connectivity index (χ0n) is 12.2. The Bertz CT molecular complexity index is 543. The molecule has 0 amide bonds. The van der Waals surface area contributed by atoms with Gasteiger partial charge in [0.1, 0.15) is 0 Å². The van der Waals surface area contributed by atoms with E-state index < -0.39 is 0 Å². The van der Waals surface area contributed by atoms with Gasteiger partial charge in [-0.05, 0) is 44.5 Å². The summed E-state index contributed by atoms with van der Waals surface area (Å²) < 4.78 is 5.12. The molecule has 3 nitrogen and oxygen atoms in total. The molecule has 4 heteroatoms. The minimum Gasteiger partial charge on any atom is -0.472 e. The van der Waals surface area contributed by atoms with Crippen molar-refractivity contribution in [1.29, 1.82) is 0 Å². The van der Waals surface area contributed by atoms with Crippen LogP contribution in [0, 0.1) is 6.92 Å². The van der Waals surface area contributed by atoms with E-state index in [1.165, 1.54) is 33.7 Å². The van der Waals surface area contributed by atoms with Crippen LogP contribution in [0.4, 0.5) is 0 Å². The van der Waals surface area contributed by atoms with Gasteiger partial charge in [-0.2, -0.15) is 0 Å². The van der Waals surface area contributed by atoms with E-state index in [0.717, 1.165) is 25.7 Å². The minimum absolute atomic E-state index is 0.782. The molecule has 108 valence electrons. The van der Waals surface area contributed by atoms with Gasteiger partial charge in [-0.25, -0.2) is 0 Å². The highest BCUT2D eigenvalue weighted by atomic mass is 32.1. The summed E-state index contributed by atoms with van der Waals surface area (Å²) in [7, 11) is 2.16. The first kappa shape index (κ1) is 13.9. The number of nitrogens with zero attached hydrogens (tertiary/aromatic N) is 1. The molecule has 1 aliphatic rings. The van der Waals surface area contributed by atoms with Crippen LogP contribution < -0.4 is 5.32 Å². The van der Waals surface area contributed by atoms with Crippen LogP contribution in [0.1, 0.15) is 33.7 Å². The van der Waals surface area contributed by atoms with E-state index in [1.54, 1.807) is 6.26 Å². The number of furan rings is 1. The summed E-state index contributed by atoms with van der Waals surface area (Å²) in [5, 5.41) is 3.59. The lowest BCUT2D eigenvalue weighted by Crippen LogP contribution is -2.17. The first-order valence-corrected chi connectivity index (χ1v) is 8.03. The molecule has 1 fully saturated rings. The second-order valence-corrected chi connectivity index (χ2v) is 7.09. The maximum atomic E-state index is 5.12. The summed E-state index contributed by atoms with van der Waals surface area (Å²) >= 11 is 1.93. The van der Waals surface area contributed by atoms with Crippen LogP contribution in [-0.4, -0.2) is 18.0 Å². The van der Waals surface area contributed by atoms with Gasteiger partial charge in [0.25, 0.3) is 0 Å². The van der Waals surface area contributed by atoms with Crippen LogP contribution in [0.25, 0.3) is 0 Å². The Morgan fingerprint density at radius 2 is 2.25 bits per heavy atom. The Kier molecular flexibility index (Phi) is 4.24. The van der Waals surface area contributed by atoms with E-state index in [0.29, 0.717) is 0 Å². The van der Waals surface area contributed by atoms with Crippen molar-refractivity contribution in [3.05, 3.63) is 45.5 Å². The van der Waals surface area contributed by atoms with Crippen molar-refractivity contribution >= 4 is 11.3 Å². The highest BCUT2D eigenvalue weighted by Crippen LogP contribution is 2.25. The average molecular weight is 290 g/mol. The van der Waals surface area contributed by atoms with Crippen LogP contribution in [0.2, 0.25) is 0 Å². The molecule has 0 atom stereocenters. The molecule has 2 heterocycles. The van der Waals surface area contributed by atoms with E-state index in [2.05, 4.69) is 30.3 Å². The minimum atomic E-state index is 0.782. The number of aryl methyl sites for hydroxylation is 1. The largest absolute Gasteiger partial charge is 0.472 e. The molecule has 0 spiro atoms. The third-order valence-electron chi connectivity index (χ3n) is 3.69. The molecule has 1 aliphatic carbocycles. The number of hydrogen-bond acceptors (Lipinski definition) is 4. The van der Waals surface area contributed by atoms with Crippen LogP contribution >= 0.6 is 11.3 Å². The van der Waals surface area contributed by atoms with Crippen LogP contribution in [0.15, 0.2) is 29.1 Å². The first-order valence-electron chi connectivity index (χ1n) is 7.22. The van der Waals surface area contributed by atoms with Gasteiger partial charge in [-0.3, -0.25) is 4.90 Å². The lowest BCUT2D eigenvalue weighted by atomic mass is 10.2. The van der Waals surface area contributed by atoms with Crippen LogP contribution in [0.5, 0.6) is 0 Å². The zero-order valence-corrected chi connectivity index (χ0v) is 13.0. The van der Waals surface area contributed by atoms with Crippen molar-refractivity contribution in [2.75, 3.05) is 7.05 Å². The normalized spacial score (nSPS) is 15.2. The Hall–Kier alpha value is -1.10. The summed E-state index contributed by atoms with van der Waals surface area (Å²) in [6.45, 7) is 5.19. The fourth-order valence-electron chi connectivity index (χ4n) is 2.41. The molecule has 3 rings (SSSR count). The molecule has 0 radical (unpaired) electrons. The Labute approximate surface area is 124 Å². The molecule has 20 heavy (non-hydrogen) atoms. The fraction of sp³-hybridized carbons (Fsp3) is 0.500. The Balaban J connectivity index is 1.55. The Morgan fingerprint density at radius 3 is 2.95 bits per heavy atom. The van der Waals surface area contributed by atoms with Gasteiger partial charge in [0.15, 0.2) is 0 Å². The fourth-order valence-corrected chi connectivity index (χ4v) is 3.41. The topological polar surface area (TPSA) is 28.4 Å². The molecule has 2 aromatic rings. The Morgan fingerprint density at radius 1 is 1.40 bits per heavy atom. The van der Waals surface area contributed by atoms with Gasteiger partial charge >= 0.3 is 0 Å². The molecule has 0 bridgehead atoms. The van der Waals surface area contributed by atoms with Crippen molar-refractivity contribution in [2.24, 2.45) is 0 Å². The molecule has 2 aromatic heterocycles. The van der Waals surface area contributed by atoms with Gasteiger partial charge in [0.05, 0.1) is 12.5 Å². The third-order valence-corrected chi connectivity index (χ3v) is 4.78. The molecule has 0 unspecified atom stereocenters. The summed E-state index contributed by atoms with van der Waals surface area (Å²) in [6.07, 6.45) is 6.26. The molecule has 1 saturated carbocycles. The highest BCUT2D eigenvalue weighted by molar-refractivity contribution is 7.12. The maximum Gasteiger partial charge on any atom is 0.0947 e. The van der Waals surface area contributed by atoms with Crippen molar-refractivity contribution in [3.8, 4) is 0 Å². The molecular formula is C16H22N2OS. The number of thiophene rings is 1. The van der Waals surface area contributed by atoms with Gasteiger partial charge in [-0.1, -0.05) is 0 Å². The molecule has 0 saturated heterocycles. The monoisotopic (exact) mass is 290 g/mol. The van der Waals surface area contributed by atoms with Crippen molar-refractivity contribution in [1.82, 2.24) is 10.2 Å². The van der Waals surface area contributed by atoms with Crippen LogP contribution in [0.3, 0.4) is 0 Å². The highest BCUT2D eigenvalue weighted by Gasteiger charge is 2.20. The predicted octanol–water partition coefficient (Wildman–Crippen LogP) is 3.53. The van der Waals surface area contributed by atoms with E-state index in [9.17, 15) is 0 Å². The van der Waals surface area contributed by atoms with Crippen molar-refractivity contribution < 1.29 is 4.42 Å². The van der Waals surface area contributed by atoms with E-state index in [4.69, 9.17) is 4.42 Å². The van der Waals surface area contributed by atoms with Gasteiger partial charge in [-0.15, -0.1) is 11.3 Å². The van der Waals surface area contributed by atoms with Gasteiger partial charge < -0.3 is 9.73 Å². The van der Waals surface area contributed by atoms with Crippen LogP contribution in [-0.2, 0) is 19.6 Å². The molecular weight excluding hydrogens is 268 g/mol. The first-order chi connectivity index (χ1) is 9.70. The standard InChI is InChI=1S/C16H22N2OS/c1-12-14(7-16(20-12)8-17-15-3-4-15)10-18(2)9-13-5-6-19-11-13/h5-7,11,15,17H,3-4,8-10H2,1-2H3. The number of rotatable bonds is 7. The molecule has 0 aromatic carbocycles. The number of hydrogen-bond donors (Lipinski definition) is 1. The van der Waals surface area contributed by atoms with E-state index >= 15 is 0 Å². The lowest BCUT2D eigenvalue weighted by molar-refractivity contribution is 0.317. The smallest absolute Gasteiger partial charge is 0.0947 e. The molecule has 0 aliphatic heterocycles. The van der Waals surface area contributed by atoms with Crippen molar-refractivity contribution in [3.63, 3.8) is 0 Å². The van der Waals surface area contributed by atoms with E-state index in [-0.39, 0.29) is 0 Å².